The third-order valence-electron chi connectivity index (χ3n) is 5.53. The molecule has 2 aromatic rings. The van der Waals surface area contributed by atoms with Crippen LogP contribution in [0.4, 0.5) is 10.2 Å². The van der Waals surface area contributed by atoms with E-state index in [-0.39, 0.29) is 11.2 Å². The summed E-state index contributed by atoms with van der Waals surface area (Å²) in [5, 5.41) is 3.59. The predicted octanol–water partition coefficient (Wildman–Crippen LogP) is 3.14. The molecule has 1 aliphatic rings. The molecule has 0 atom stereocenters. The maximum atomic E-state index is 13.4. The summed E-state index contributed by atoms with van der Waals surface area (Å²) < 4.78 is 24.0. The Morgan fingerprint density at radius 1 is 1.18 bits per heavy atom. The van der Waals surface area contributed by atoms with Crippen molar-refractivity contribution in [1.29, 1.82) is 0 Å². The van der Waals surface area contributed by atoms with Crippen molar-refractivity contribution < 1.29 is 13.9 Å². The number of nitrogens with zero attached hydrogens (tertiary/aromatic N) is 2. The zero-order valence-corrected chi connectivity index (χ0v) is 16.8. The topological polar surface area (TPSA) is 46.6 Å². The maximum Gasteiger partial charge on any atom is 0.128 e. The Bertz CT molecular complexity index is 716. The Kier molecular flexibility index (Phi) is 7.36. The number of pyridine rings is 1. The van der Waals surface area contributed by atoms with E-state index in [2.05, 4.69) is 21.3 Å². The average Bonchev–Trinajstić information content (AvgIpc) is 2.73. The molecule has 2 heterocycles. The summed E-state index contributed by atoms with van der Waals surface area (Å²) >= 11 is 0. The van der Waals surface area contributed by atoms with Gasteiger partial charge < -0.3 is 19.7 Å². The number of likely N-dealkylation sites (N-methyl/N-ethyl adjacent to an activating group) is 1. The van der Waals surface area contributed by atoms with Crippen molar-refractivity contribution >= 4 is 5.82 Å². The van der Waals surface area contributed by atoms with Crippen molar-refractivity contribution in [2.75, 3.05) is 52.0 Å². The lowest BCUT2D eigenvalue weighted by molar-refractivity contribution is 0.0497. The summed E-state index contributed by atoms with van der Waals surface area (Å²) in [6.07, 6.45) is 3.79. The summed E-state index contributed by atoms with van der Waals surface area (Å²) in [4.78, 5) is 6.63. The second-order valence-corrected chi connectivity index (χ2v) is 7.44. The largest absolute Gasteiger partial charge is 0.383 e. The summed E-state index contributed by atoms with van der Waals surface area (Å²) in [7, 11) is 3.71. The third kappa shape index (κ3) is 5.28. The van der Waals surface area contributed by atoms with E-state index in [1.54, 1.807) is 19.2 Å². The minimum atomic E-state index is -0.194. The van der Waals surface area contributed by atoms with Crippen molar-refractivity contribution in [1.82, 2.24) is 10.3 Å². The predicted molar refractivity (Wildman–Crippen MR) is 109 cm³/mol. The van der Waals surface area contributed by atoms with Crippen LogP contribution in [-0.4, -0.2) is 52.1 Å². The van der Waals surface area contributed by atoms with E-state index >= 15 is 0 Å². The van der Waals surface area contributed by atoms with Crippen molar-refractivity contribution in [3.8, 4) is 0 Å². The fraction of sp³-hybridized carbons (Fsp3) is 0.500. The molecule has 1 aliphatic heterocycles. The summed E-state index contributed by atoms with van der Waals surface area (Å²) in [6, 6.07) is 11.1. The Hall–Kier alpha value is -2.02. The molecule has 1 N–H and O–H groups in total. The number of ether oxygens (including phenoxy) is 2. The molecule has 0 radical (unpaired) electrons. The van der Waals surface area contributed by atoms with Crippen LogP contribution in [-0.2, 0) is 21.4 Å². The molecule has 152 valence electrons. The van der Waals surface area contributed by atoms with Gasteiger partial charge in [0.1, 0.15) is 11.6 Å². The first-order valence-corrected chi connectivity index (χ1v) is 9.82. The Balaban J connectivity index is 1.59. The molecule has 0 bridgehead atoms. The molecule has 0 amide bonds. The number of rotatable bonds is 9. The second kappa shape index (κ2) is 9.96. The highest BCUT2D eigenvalue weighted by atomic mass is 19.1. The molecule has 3 rings (SSSR count). The molecule has 6 heteroatoms. The summed E-state index contributed by atoms with van der Waals surface area (Å²) in [5.74, 6) is 0.744. The first-order chi connectivity index (χ1) is 13.6. The molecule has 0 unspecified atom stereocenters. The number of hydrogen-bond donors (Lipinski definition) is 1. The Morgan fingerprint density at radius 3 is 2.57 bits per heavy atom. The quantitative estimate of drug-likeness (QED) is 0.716. The first kappa shape index (κ1) is 20.7. The van der Waals surface area contributed by atoms with Gasteiger partial charge in [-0.3, -0.25) is 0 Å². The van der Waals surface area contributed by atoms with Crippen LogP contribution in [0.15, 0.2) is 42.6 Å². The number of hydrogen-bond acceptors (Lipinski definition) is 5. The van der Waals surface area contributed by atoms with Crippen LogP contribution in [0.2, 0.25) is 0 Å². The number of anilines is 1. The minimum absolute atomic E-state index is 0.0142. The lowest BCUT2D eigenvalue weighted by Crippen LogP contribution is -2.42. The van der Waals surface area contributed by atoms with Crippen LogP contribution >= 0.6 is 0 Å². The van der Waals surface area contributed by atoms with E-state index in [1.807, 2.05) is 31.4 Å². The van der Waals surface area contributed by atoms with Gasteiger partial charge in [0.05, 0.1) is 6.61 Å². The van der Waals surface area contributed by atoms with Crippen LogP contribution < -0.4 is 10.2 Å². The van der Waals surface area contributed by atoms with Crippen molar-refractivity contribution in [3.63, 3.8) is 0 Å². The molecule has 1 fully saturated rings. The van der Waals surface area contributed by atoms with Crippen molar-refractivity contribution in [2.45, 2.75) is 24.8 Å². The van der Waals surface area contributed by atoms with Gasteiger partial charge in [-0.1, -0.05) is 18.2 Å². The normalized spacial score (nSPS) is 16.1. The number of benzene rings is 1. The fourth-order valence-electron chi connectivity index (χ4n) is 3.67. The van der Waals surface area contributed by atoms with E-state index in [0.717, 1.165) is 57.1 Å². The van der Waals surface area contributed by atoms with Gasteiger partial charge in [0.2, 0.25) is 0 Å². The molecule has 1 saturated heterocycles. The van der Waals surface area contributed by atoms with Gasteiger partial charge in [-0.15, -0.1) is 0 Å². The van der Waals surface area contributed by atoms with E-state index in [9.17, 15) is 4.39 Å². The van der Waals surface area contributed by atoms with E-state index in [1.165, 1.54) is 5.56 Å². The smallest absolute Gasteiger partial charge is 0.128 e. The molecule has 1 aromatic heterocycles. The standard InChI is InChI=1S/C22H30FN3O2/c1-26(11-14-27-2)21-8-3-18(16-25-21)15-24-17-22(9-12-28-13-10-22)19-4-6-20(23)7-5-19/h3-8,16,24H,9-15,17H2,1-2H3. The van der Waals surface area contributed by atoms with Crippen LogP contribution in [0.25, 0.3) is 0 Å². The molecule has 1 aromatic carbocycles. The monoisotopic (exact) mass is 387 g/mol. The highest BCUT2D eigenvalue weighted by molar-refractivity contribution is 5.38. The van der Waals surface area contributed by atoms with Gasteiger partial charge in [0.25, 0.3) is 0 Å². The van der Waals surface area contributed by atoms with Crippen LogP contribution in [0.1, 0.15) is 24.0 Å². The molecule has 5 nitrogen and oxygen atoms in total. The lowest BCUT2D eigenvalue weighted by Gasteiger charge is -2.38. The van der Waals surface area contributed by atoms with E-state index < -0.39 is 0 Å². The van der Waals surface area contributed by atoms with Crippen LogP contribution in [0.3, 0.4) is 0 Å². The average molecular weight is 387 g/mol. The van der Waals surface area contributed by atoms with E-state index in [0.29, 0.717) is 6.61 Å². The molecule has 0 saturated carbocycles. The summed E-state index contributed by atoms with van der Waals surface area (Å²) in [6.45, 7) is 4.54. The Labute approximate surface area is 166 Å². The molecular weight excluding hydrogens is 357 g/mol. The minimum Gasteiger partial charge on any atom is -0.383 e. The Morgan fingerprint density at radius 2 is 1.93 bits per heavy atom. The SMILES string of the molecule is COCCN(C)c1ccc(CNCC2(c3ccc(F)cc3)CCOCC2)cn1. The fourth-order valence-corrected chi connectivity index (χ4v) is 3.67. The van der Waals surface area contributed by atoms with Crippen LogP contribution in [0.5, 0.6) is 0 Å². The zero-order chi connectivity index (χ0) is 19.8. The molecule has 28 heavy (non-hydrogen) atoms. The van der Waals surface area contributed by atoms with Gasteiger partial charge in [0, 0.05) is 58.6 Å². The molecular formula is C22H30FN3O2. The lowest BCUT2D eigenvalue weighted by atomic mass is 9.74. The molecule has 0 aliphatic carbocycles. The van der Waals surface area contributed by atoms with Gasteiger partial charge in [-0.2, -0.15) is 0 Å². The van der Waals surface area contributed by atoms with Crippen molar-refractivity contribution in [2.24, 2.45) is 0 Å². The zero-order valence-electron chi connectivity index (χ0n) is 16.8. The van der Waals surface area contributed by atoms with Crippen LogP contribution in [0, 0.1) is 5.82 Å². The van der Waals surface area contributed by atoms with Gasteiger partial charge in [-0.05, 0) is 42.2 Å². The van der Waals surface area contributed by atoms with Gasteiger partial charge in [-0.25, -0.2) is 9.37 Å². The third-order valence-corrected chi connectivity index (χ3v) is 5.53. The first-order valence-electron chi connectivity index (χ1n) is 9.82. The number of methoxy groups -OCH3 is 1. The van der Waals surface area contributed by atoms with Gasteiger partial charge >= 0.3 is 0 Å². The second-order valence-electron chi connectivity index (χ2n) is 7.44. The van der Waals surface area contributed by atoms with Crippen molar-refractivity contribution in [3.05, 3.63) is 59.5 Å². The number of aromatic nitrogens is 1. The highest BCUT2D eigenvalue weighted by Crippen LogP contribution is 2.34. The number of nitrogens with one attached hydrogen (secondary N) is 1. The van der Waals surface area contributed by atoms with E-state index in [4.69, 9.17) is 9.47 Å². The number of halogens is 1. The highest BCUT2D eigenvalue weighted by Gasteiger charge is 2.34. The van der Waals surface area contributed by atoms with Gasteiger partial charge in [0.15, 0.2) is 0 Å². The molecule has 0 spiro atoms. The summed E-state index contributed by atoms with van der Waals surface area (Å²) in [5.41, 5.74) is 2.31. The maximum absolute atomic E-state index is 13.4.